The van der Waals surface area contributed by atoms with Gasteiger partial charge < -0.3 is 4.52 Å². The Morgan fingerprint density at radius 3 is 3.55 bits per heavy atom. The smallest absolute Gasteiger partial charge is 0.165 e. The molecule has 2 aliphatic heterocycles. The van der Waals surface area contributed by atoms with E-state index < -0.39 is 0 Å². The van der Waals surface area contributed by atoms with Crippen LogP contribution in [0.5, 0.6) is 0 Å². The van der Waals surface area contributed by atoms with Crippen molar-refractivity contribution in [2.24, 2.45) is 0 Å². The van der Waals surface area contributed by atoms with Gasteiger partial charge in [0, 0.05) is 12.1 Å². The fourth-order valence-corrected chi connectivity index (χ4v) is 2.19. The summed E-state index contributed by atoms with van der Waals surface area (Å²) >= 11 is 1.72. The Kier molecular flexibility index (Phi) is 1.01. The summed E-state index contributed by atoms with van der Waals surface area (Å²) in [5, 5.41) is 6.02. The van der Waals surface area contributed by atoms with Gasteiger partial charge in [0.2, 0.25) is 0 Å². The molecule has 0 aromatic carbocycles. The van der Waals surface area contributed by atoms with Gasteiger partial charge in [-0.2, -0.15) is 0 Å². The van der Waals surface area contributed by atoms with E-state index in [9.17, 15) is 0 Å². The standard InChI is InChI=1S/C7H6N2OS/c1-2-11-9-3-5-6(4-9)8-10-7(1)5/h1-2H,3-4H2. The highest BCUT2D eigenvalue weighted by Crippen LogP contribution is 2.34. The minimum absolute atomic E-state index is 0.924. The molecule has 4 heteroatoms. The minimum Gasteiger partial charge on any atom is -0.356 e. The van der Waals surface area contributed by atoms with E-state index in [-0.39, 0.29) is 0 Å². The highest BCUT2D eigenvalue weighted by molar-refractivity contribution is 8.00. The zero-order valence-electron chi connectivity index (χ0n) is 5.78. The monoisotopic (exact) mass is 166 g/mol. The maximum absolute atomic E-state index is 5.13. The molecule has 11 heavy (non-hydrogen) atoms. The average molecular weight is 166 g/mol. The first kappa shape index (κ1) is 5.85. The van der Waals surface area contributed by atoms with Crippen molar-refractivity contribution < 1.29 is 4.52 Å². The maximum atomic E-state index is 5.13. The van der Waals surface area contributed by atoms with Crippen molar-refractivity contribution in [3.05, 3.63) is 22.4 Å². The van der Waals surface area contributed by atoms with Gasteiger partial charge in [-0.25, -0.2) is 4.31 Å². The summed E-state index contributed by atoms with van der Waals surface area (Å²) < 4.78 is 7.39. The van der Waals surface area contributed by atoms with Crippen molar-refractivity contribution in [3.8, 4) is 0 Å². The maximum Gasteiger partial charge on any atom is 0.165 e. The van der Waals surface area contributed by atoms with E-state index in [4.69, 9.17) is 4.52 Å². The van der Waals surface area contributed by atoms with Crippen LogP contribution in [-0.4, -0.2) is 9.46 Å². The van der Waals surface area contributed by atoms with Crippen molar-refractivity contribution in [1.29, 1.82) is 0 Å². The molecule has 2 bridgehead atoms. The van der Waals surface area contributed by atoms with Crippen molar-refractivity contribution >= 4 is 18.0 Å². The van der Waals surface area contributed by atoms with Gasteiger partial charge in [0.15, 0.2) is 5.76 Å². The van der Waals surface area contributed by atoms with Crippen LogP contribution in [0.4, 0.5) is 0 Å². The summed E-state index contributed by atoms with van der Waals surface area (Å²) in [5.41, 5.74) is 2.38. The summed E-state index contributed by atoms with van der Waals surface area (Å²) in [6, 6.07) is 0. The topological polar surface area (TPSA) is 29.3 Å². The summed E-state index contributed by atoms with van der Waals surface area (Å²) in [6.45, 7) is 1.90. The normalized spacial score (nSPS) is 25.6. The molecule has 0 amide bonds. The number of rotatable bonds is 0. The first-order chi connectivity index (χ1) is 5.43. The summed E-state index contributed by atoms with van der Waals surface area (Å²) in [7, 11) is 0. The fraction of sp³-hybridized carbons (Fsp3) is 0.286. The molecule has 1 unspecified atom stereocenters. The van der Waals surface area contributed by atoms with Crippen LogP contribution in [0, 0.1) is 0 Å². The lowest BCUT2D eigenvalue weighted by molar-refractivity contribution is 0.382. The van der Waals surface area contributed by atoms with Gasteiger partial charge >= 0.3 is 0 Å². The molecular formula is C7H6N2OS. The van der Waals surface area contributed by atoms with E-state index >= 15 is 0 Å². The molecule has 3 heterocycles. The second-order valence-electron chi connectivity index (χ2n) is 2.68. The highest BCUT2D eigenvalue weighted by atomic mass is 32.2. The Bertz CT molecular complexity index is 331. The lowest BCUT2D eigenvalue weighted by Gasteiger charge is -2.07. The van der Waals surface area contributed by atoms with E-state index in [1.807, 2.05) is 11.5 Å². The van der Waals surface area contributed by atoms with Crippen LogP contribution in [0.25, 0.3) is 6.08 Å². The molecule has 3 rings (SSSR count). The quantitative estimate of drug-likeness (QED) is 0.548. The van der Waals surface area contributed by atoms with Crippen molar-refractivity contribution in [2.45, 2.75) is 13.1 Å². The lowest BCUT2D eigenvalue weighted by atomic mass is 10.2. The molecule has 56 valence electrons. The fourth-order valence-electron chi connectivity index (χ4n) is 1.43. The molecule has 0 fully saturated rings. The molecular weight excluding hydrogens is 160 g/mol. The second kappa shape index (κ2) is 1.89. The molecule has 0 spiro atoms. The van der Waals surface area contributed by atoms with E-state index in [1.54, 1.807) is 11.9 Å². The molecule has 1 aromatic rings. The van der Waals surface area contributed by atoms with Gasteiger partial charge in [-0.1, -0.05) is 5.16 Å². The summed E-state index contributed by atoms with van der Waals surface area (Å²) in [4.78, 5) is 0. The molecule has 0 radical (unpaired) electrons. The predicted molar refractivity (Wildman–Crippen MR) is 42.4 cm³/mol. The van der Waals surface area contributed by atoms with Gasteiger partial charge in [-0.3, -0.25) is 0 Å². The Balaban J connectivity index is 2.28. The molecule has 1 aromatic heterocycles. The van der Waals surface area contributed by atoms with E-state index in [2.05, 4.69) is 9.46 Å². The van der Waals surface area contributed by atoms with Crippen LogP contribution in [0.3, 0.4) is 0 Å². The van der Waals surface area contributed by atoms with Crippen LogP contribution < -0.4 is 0 Å². The first-order valence-corrected chi connectivity index (χ1v) is 4.33. The van der Waals surface area contributed by atoms with Crippen molar-refractivity contribution in [3.63, 3.8) is 0 Å². The number of aromatic nitrogens is 1. The third-order valence-corrected chi connectivity index (χ3v) is 2.80. The summed E-state index contributed by atoms with van der Waals surface area (Å²) in [6.07, 6.45) is 1.98. The minimum atomic E-state index is 0.924. The molecule has 0 saturated carbocycles. The van der Waals surface area contributed by atoms with Crippen molar-refractivity contribution in [2.75, 3.05) is 0 Å². The first-order valence-electron chi connectivity index (χ1n) is 3.49. The van der Waals surface area contributed by atoms with Gasteiger partial charge in [-0.05, 0) is 23.4 Å². The number of nitrogens with zero attached hydrogens (tertiary/aromatic N) is 2. The SMILES string of the molecule is C1=Cc2onc3c2CN(C3)S1. The molecule has 1 atom stereocenters. The van der Waals surface area contributed by atoms with Crippen LogP contribution >= 0.6 is 11.9 Å². The average Bonchev–Trinajstić information content (AvgIpc) is 2.46. The molecule has 3 nitrogen and oxygen atoms in total. The Labute approximate surface area is 68.2 Å². The second-order valence-corrected chi connectivity index (χ2v) is 3.68. The lowest BCUT2D eigenvalue weighted by Crippen LogP contribution is -2.03. The van der Waals surface area contributed by atoms with Crippen LogP contribution in [0.2, 0.25) is 0 Å². The number of hydrogen-bond donors (Lipinski definition) is 0. The zero-order valence-corrected chi connectivity index (χ0v) is 6.60. The largest absolute Gasteiger partial charge is 0.356 e. The van der Waals surface area contributed by atoms with Crippen molar-refractivity contribution in [1.82, 2.24) is 9.46 Å². The van der Waals surface area contributed by atoms with Gasteiger partial charge in [0.25, 0.3) is 0 Å². The summed E-state index contributed by atoms with van der Waals surface area (Å²) in [5.74, 6) is 0.938. The van der Waals surface area contributed by atoms with E-state index in [1.165, 1.54) is 5.56 Å². The molecule has 2 aliphatic rings. The van der Waals surface area contributed by atoms with Crippen LogP contribution in [0.15, 0.2) is 9.93 Å². The van der Waals surface area contributed by atoms with Gasteiger partial charge in [0.05, 0.1) is 6.54 Å². The predicted octanol–water partition coefficient (Wildman–Crippen LogP) is 1.62. The molecule has 0 saturated heterocycles. The van der Waals surface area contributed by atoms with E-state index in [0.717, 1.165) is 24.5 Å². The Morgan fingerprint density at radius 1 is 1.55 bits per heavy atom. The zero-order chi connectivity index (χ0) is 7.26. The number of hydrogen-bond acceptors (Lipinski definition) is 4. The van der Waals surface area contributed by atoms with Crippen LogP contribution in [-0.2, 0) is 13.1 Å². The van der Waals surface area contributed by atoms with Gasteiger partial charge in [-0.15, -0.1) is 0 Å². The van der Waals surface area contributed by atoms with Gasteiger partial charge in [0.1, 0.15) is 5.69 Å². The highest BCUT2D eigenvalue weighted by Gasteiger charge is 2.27. The number of fused-ring (bicyclic) bond motifs is 1. The third kappa shape index (κ3) is 0.708. The van der Waals surface area contributed by atoms with Crippen LogP contribution in [0.1, 0.15) is 17.0 Å². The Morgan fingerprint density at radius 2 is 2.55 bits per heavy atom. The molecule has 0 aliphatic carbocycles. The molecule has 0 N–H and O–H groups in total. The third-order valence-electron chi connectivity index (χ3n) is 1.99. The Hall–Kier alpha value is -0.740. The van der Waals surface area contributed by atoms with E-state index in [0.29, 0.717) is 0 Å².